The Morgan fingerprint density at radius 2 is 1.72 bits per heavy atom. The number of benzene rings is 2. The zero-order chi connectivity index (χ0) is 22.3. The Balaban J connectivity index is 1.52. The maximum Gasteiger partial charge on any atom is 0.257 e. The van der Waals surface area contributed by atoms with E-state index < -0.39 is 0 Å². The molecule has 0 aliphatic carbocycles. The summed E-state index contributed by atoms with van der Waals surface area (Å²) in [5.74, 6) is 0.118. The standard InChI is InChI=1S/C25H24N4O3/c1-28(18-23(30)26-15-21-13-8-14-32-21)25(31)22-17-29(16-19-9-4-2-5-10-19)27-24(22)20-11-6-3-7-12-20/h2-14,17H,15-16,18H2,1H3,(H,26,30). The molecule has 1 N–H and O–H groups in total. The van der Waals surface area contributed by atoms with Gasteiger partial charge in [0.05, 0.1) is 31.5 Å². The number of furan rings is 1. The lowest BCUT2D eigenvalue weighted by atomic mass is 10.1. The molecule has 4 aromatic rings. The zero-order valence-corrected chi connectivity index (χ0v) is 17.8. The smallest absolute Gasteiger partial charge is 0.257 e. The van der Waals surface area contributed by atoms with Gasteiger partial charge in [-0.1, -0.05) is 60.7 Å². The lowest BCUT2D eigenvalue weighted by molar-refractivity contribution is -0.121. The third kappa shape index (κ3) is 5.13. The van der Waals surface area contributed by atoms with Crippen LogP contribution in [-0.2, 0) is 17.9 Å². The Morgan fingerprint density at radius 3 is 2.41 bits per heavy atom. The van der Waals surface area contributed by atoms with E-state index in [1.807, 2.05) is 60.7 Å². The van der Waals surface area contributed by atoms with E-state index in [2.05, 4.69) is 10.4 Å². The van der Waals surface area contributed by atoms with Gasteiger partial charge in [-0.3, -0.25) is 14.3 Å². The van der Waals surface area contributed by atoms with Crippen molar-refractivity contribution in [2.24, 2.45) is 0 Å². The van der Waals surface area contributed by atoms with Gasteiger partial charge < -0.3 is 14.6 Å². The highest BCUT2D eigenvalue weighted by Gasteiger charge is 2.22. The summed E-state index contributed by atoms with van der Waals surface area (Å²) in [5.41, 5.74) is 2.97. The number of rotatable bonds is 8. The fourth-order valence-electron chi connectivity index (χ4n) is 3.39. The van der Waals surface area contributed by atoms with Crippen molar-refractivity contribution in [3.8, 4) is 11.3 Å². The summed E-state index contributed by atoms with van der Waals surface area (Å²) < 4.78 is 6.98. The maximum absolute atomic E-state index is 13.2. The van der Waals surface area contributed by atoms with Gasteiger partial charge in [0.1, 0.15) is 11.5 Å². The first kappa shape index (κ1) is 21.1. The van der Waals surface area contributed by atoms with Gasteiger partial charge in [0.2, 0.25) is 5.91 Å². The molecule has 7 nitrogen and oxygen atoms in total. The van der Waals surface area contributed by atoms with Crippen LogP contribution in [0.15, 0.2) is 89.7 Å². The van der Waals surface area contributed by atoms with Crippen molar-refractivity contribution in [1.29, 1.82) is 0 Å². The van der Waals surface area contributed by atoms with Gasteiger partial charge in [0.25, 0.3) is 5.91 Å². The number of carbonyl (C=O) groups is 2. The molecule has 0 radical (unpaired) electrons. The van der Waals surface area contributed by atoms with E-state index in [0.717, 1.165) is 11.1 Å². The van der Waals surface area contributed by atoms with E-state index in [4.69, 9.17) is 4.42 Å². The molecular formula is C25H24N4O3. The van der Waals surface area contributed by atoms with Gasteiger partial charge in [-0.15, -0.1) is 0 Å². The lowest BCUT2D eigenvalue weighted by Crippen LogP contribution is -2.38. The second-order valence-electron chi connectivity index (χ2n) is 7.46. The second-order valence-corrected chi connectivity index (χ2v) is 7.46. The van der Waals surface area contributed by atoms with Crippen LogP contribution >= 0.6 is 0 Å². The zero-order valence-electron chi connectivity index (χ0n) is 17.8. The first-order valence-electron chi connectivity index (χ1n) is 10.3. The van der Waals surface area contributed by atoms with Gasteiger partial charge in [-0.25, -0.2) is 0 Å². The number of amides is 2. The third-order valence-corrected chi connectivity index (χ3v) is 4.99. The van der Waals surface area contributed by atoms with Crippen molar-refractivity contribution in [3.63, 3.8) is 0 Å². The molecule has 2 aromatic heterocycles. The summed E-state index contributed by atoms with van der Waals surface area (Å²) in [7, 11) is 1.61. The molecule has 4 rings (SSSR count). The van der Waals surface area contributed by atoms with Crippen LogP contribution < -0.4 is 5.32 Å². The van der Waals surface area contributed by atoms with Crippen LogP contribution in [0.25, 0.3) is 11.3 Å². The van der Waals surface area contributed by atoms with E-state index in [0.29, 0.717) is 23.6 Å². The lowest BCUT2D eigenvalue weighted by Gasteiger charge is -2.16. The predicted molar refractivity (Wildman–Crippen MR) is 121 cm³/mol. The van der Waals surface area contributed by atoms with Crippen LogP contribution in [-0.4, -0.2) is 40.1 Å². The summed E-state index contributed by atoms with van der Waals surface area (Å²) in [5, 5.41) is 7.44. The molecule has 0 aliphatic rings. The topological polar surface area (TPSA) is 80.4 Å². The number of nitrogens with zero attached hydrogens (tertiary/aromatic N) is 3. The molecule has 2 heterocycles. The maximum atomic E-state index is 13.2. The Kier molecular flexibility index (Phi) is 6.46. The fraction of sp³-hybridized carbons (Fsp3) is 0.160. The monoisotopic (exact) mass is 428 g/mol. The van der Waals surface area contributed by atoms with Crippen molar-refractivity contribution in [1.82, 2.24) is 20.0 Å². The molecule has 0 spiro atoms. The molecule has 32 heavy (non-hydrogen) atoms. The number of nitrogens with one attached hydrogen (secondary N) is 1. The fourth-order valence-corrected chi connectivity index (χ4v) is 3.39. The Labute approximate surface area is 186 Å². The van der Waals surface area contributed by atoms with Crippen molar-refractivity contribution in [2.75, 3.05) is 13.6 Å². The number of hydrogen-bond donors (Lipinski definition) is 1. The minimum Gasteiger partial charge on any atom is -0.467 e. The summed E-state index contributed by atoms with van der Waals surface area (Å²) >= 11 is 0. The molecule has 2 aromatic carbocycles. The van der Waals surface area contributed by atoms with Crippen molar-refractivity contribution in [3.05, 3.63) is 102 Å². The van der Waals surface area contributed by atoms with Crippen molar-refractivity contribution in [2.45, 2.75) is 13.1 Å². The molecule has 0 saturated carbocycles. The molecular weight excluding hydrogens is 404 g/mol. The highest BCUT2D eigenvalue weighted by Crippen LogP contribution is 2.23. The van der Waals surface area contributed by atoms with E-state index in [-0.39, 0.29) is 24.9 Å². The van der Waals surface area contributed by atoms with Crippen LogP contribution in [0, 0.1) is 0 Å². The van der Waals surface area contributed by atoms with E-state index >= 15 is 0 Å². The molecule has 0 atom stereocenters. The summed E-state index contributed by atoms with van der Waals surface area (Å²) in [6.45, 7) is 0.747. The van der Waals surface area contributed by atoms with Crippen LogP contribution in [0.5, 0.6) is 0 Å². The van der Waals surface area contributed by atoms with Gasteiger partial charge in [-0.05, 0) is 17.7 Å². The normalized spacial score (nSPS) is 10.7. The molecule has 0 bridgehead atoms. The quantitative estimate of drug-likeness (QED) is 0.465. The minimum absolute atomic E-state index is 0.0718. The predicted octanol–water partition coefficient (Wildman–Crippen LogP) is 3.58. The molecule has 0 unspecified atom stereocenters. The Hall–Kier alpha value is -4.13. The third-order valence-electron chi connectivity index (χ3n) is 4.99. The molecule has 162 valence electrons. The second kappa shape index (κ2) is 9.78. The summed E-state index contributed by atoms with van der Waals surface area (Å²) in [6, 6.07) is 23.0. The van der Waals surface area contributed by atoms with Crippen molar-refractivity contribution >= 4 is 11.8 Å². The SMILES string of the molecule is CN(CC(=O)NCc1ccco1)C(=O)c1cn(Cc2ccccc2)nc1-c1ccccc1. The molecule has 7 heteroatoms. The molecule has 0 saturated heterocycles. The average molecular weight is 428 g/mol. The molecule has 0 aliphatic heterocycles. The largest absolute Gasteiger partial charge is 0.467 e. The number of carbonyl (C=O) groups excluding carboxylic acids is 2. The van der Waals surface area contributed by atoms with Crippen LogP contribution in [0.1, 0.15) is 21.7 Å². The minimum atomic E-state index is -0.268. The van der Waals surface area contributed by atoms with Crippen LogP contribution in [0.3, 0.4) is 0 Å². The first-order chi connectivity index (χ1) is 15.6. The van der Waals surface area contributed by atoms with Crippen LogP contribution in [0.4, 0.5) is 0 Å². The van der Waals surface area contributed by atoms with Gasteiger partial charge in [0, 0.05) is 18.8 Å². The van der Waals surface area contributed by atoms with Gasteiger partial charge in [-0.2, -0.15) is 5.10 Å². The number of likely N-dealkylation sites (N-methyl/N-ethyl adjacent to an activating group) is 1. The van der Waals surface area contributed by atoms with Crippen LogP contribution in [0.2, 0.25) is 0 Å². The Morgan fingerprint density at radius 1 is 1.00 bits per heavy atom. The van der Waals surface area contributed by atoms with E-state index in [1.54, 1.807) is 36.3 Å². The van der Waals surface area contributed by atoms with Gasteiger partial charge >= 0.3 is 0 Å². The first-order valence-corrected chi connectivity index (χ1v) is 10.3. The number of hydrogen-bond acceptors (Lipinski definition) is 4. The number of aromatic nitrogens is 2. The van der Waals surface area contributed by atoms with E-state index in [9.17, 15) is 9.59 Å². The average Bonchev–Trinajstić information content (AvgIpc) is 3.48. The molecule has 2 amide bonds. The Bertz CT molecular complexity index is 1170. The highest BCUT2D eigenvalue weighted by molar-refractivity contribution is 6.01. The summed E-state index contributed by atoms with van der Waals surface area (Å²) in [6.07, 6.45) is 3.30. The molecule has 0 fully saturated rings. The van der Waals surface area contributed by atoms with Gasteiger partial charge in [0.15, 0.2) is 0 Å². The highest BCUT2D eigenvalue weighted by atomic mass is 16.3. The van der Waals surface area contributed by atoms with E-state index in [1.165, 1.54) is 4.90 Å². The van der Waals surface area contributed by atoms with Crippen molar-refractivity contribution < 1.29 is 14.0 Å². The summed E-state index contributed by atoms with van der Waals surface area (Å²) in [4.78, 5) is 27.0.